The van der Waals surface area contributed by atoms with Gasteiger partial charge in [0.2, 0.25) is 0 Å². The number of ether oxygens (including phenoxy) is 1. The summed E-state index contributed by atoms with van der Waals surface area (Å²) in [5, 5.41) is 6.73. The van der Waals surface area contributed by atoms with E-state index in [2.05, 4.69) is 43.6 Å². The fourth-order valence-electron chi connectivity index (χ4n) is 2.15. The van der Waals surface area contributed by atoms with Crippen LogP contribution in [0.4, 0.5) is 0 Å². The van der Waals surface area contributed by atoms with E-state index in [1.165, 1.54) is 16.3 Å². The third-order valence-electron chi connectivity index (χ3n) is 3.57. The predicted molar refractivity (Wildman–Crippen MR) is 89.3 cm³/mol. The monoisotopic (exact) mass is 304 g/mol. The molecule has 2 aromatic rings. The van der Waals surface area contributed by atoms with Crippen molar-refractivity contribution < 1.29 is 4.74 Å². The maximum atomic E-state index is 5.21. The average molecular weight is 304 g/mol. The zero-order valence-corrected chi connectivity index (χ0v) is 14.3. The second kappa shape index (κ2) is 6.58. The minimum absolute atomic E-state index is 0.115. The molecular weight excluding hydrogens is 280 g/mol. The summed E-state index contributed by atoms with van der Waals surface area (Å²) in [6.45, 7) is 6.60. The molecule has 0 fully saturated rings. The van der Waals surface area contributed by atoms with Crippen molar-refractivity contribution in [2.24, 2.45) is 0 Å². The van der Waals surface area contributed by atoms with E-state index in [-0.39, 0.29) is 11.5 Å². The minimum Gasteiger partial charge on any atom is -0.497 e. The lowest BCUT2D eigenvalue weighted by atomic mass is 9.93. The van der Waals surface area contributed by atoms with Gasteiger partial charge in [-0.3, -0.25) is 0 Å². The van der Waals surface area contributed by atoms with Crippen molar-refractivity contribution in [1.29, 1.82) is 0 Å². The van der Waals surface area contributed by atoms with Crippen molar-refractivity contribution in [3.63, 3.8) is 0 Å². The Morgan fingerprint density at radius 3 is 2.38 bits per heavy atom. The number of benzene rings is 1. The van der Waals surface area contributed by atoms with E-state index in [9.17, 15) is 0 Å². The van der Waals surface area contributed by atoms with Gasteiger partial charge in [0.25, 0.3) is 0 Å². The van der Waals surface area contributed by atoms with Gasteiger partial charge < -0.3 is 10.1 Å². The average Bonchev–Trinajstić information content (AvgIpc) is 2.93. The highest BCUT2D eigenvalue weighted by Crippen LogP contribution is 2.27. The number of nitrogens with zero attached hydrogens (tertiary/aromatic N) is 1. The highest BCUT2D eigenvalue weighted by molar-refractivity contribution is 7.09. The number of hydrogen-bond acceptors (Lipinski definition) is 4. The normalized spacial score (nSPS) is 13.2. The molecule has 1 N–H and O–H groups in total. The number of nitrogens with one attached hydrogen (secondary N) is 1. The summed E-state index contributed by atoms with van der Waals surface area (Å²) in [7, 11) is 3.68. The van der Waals surface area contributed by atoms with E-state index in [1.807, 2.05) is 19.2 Å². The van der Waals surface area contributed by atoms with Crippen molar-refractivity contribution in [2.75, 3.05) is 14.2 Å². The molecule has 2 rings (SSSR count). The molecule has 1 aromatic heterocycles. The van der Waals surface area contributed by atoms with Crippen LogP contribution in [0.3, 0.4) is 0 Å². The number of methoxy groups -OCH3 is 1. The Hall–Kier alpha value is -1.39. The van der Waals surface area contributed by atoms with Crippen molar-refractivity contribution in [3.05, 3.63) is 45.9 Å². The van der Waals surface area contributed by atoms with Gasteiger partial charge in [0.05, 0.1) is 17.8 Å². The summed E-state index contributed by atoms with van der Waals surface area (Å²) < 4.78 is 5.21. The van der Waals surface area contributed by atoms with Crippen LogP contribution < -0.4 is 10.1 Å². The molecule has 1 heterocycles. The molecule has 0 aliphatic heterocycles. The van der Waals surface area contributed by atoms with Crippen LogP contribution in [0.2, 0.25) is 0 Å². The molecule has 0 radical (unpaired) electrons. The van der Waals surface area contributed by atoms with Crippen molar-refractivity contribution in [2.45, 2.75) is 38.6 Å². The van der Waals surface area contributed by atoms with E-state index < -0.39 is 0 Å². The molecule has 0 amide bonds. The van der Waals surface area contributed by atoms with Gasteiger partial charge in [-0.15, -0.1) is 11.3 Å². The maximum absolute atomic E-state index is 5.21. The van der Waals surface area contributed by atoms with E-state index in [0.29, 0.717) is 0 Å². The number of rotatable bonds is 5. The fraction of sp³-hybridized carbons (Fsp3) is 0.471. The first-order chi connectivity index (χ1) is 9.94. The minimum atomic E-state index is 0.115. The Morgan fingerprint density at radius 1 is 1.24 bits per heavy atom. The molecule has 0 saturated heterocycles. The Kier molecular flexibility index (Phi) is 5.01. The topological polar surface area (TPSA) is 34.2 Å². The third-order valence-corrected chi connectivity index (χ3v) is 4.44. The SMILES string of the molecule is CNC(Cc1nc(C(C)(C)C)cs1)c1ccc(OC)cc1. The first-order valence-corrected chi connectivity index (χ1v) is 8.08. The summed E-state index contributed by atoms with van der Waals surface area (Å²) in [5.74, 6) is 0.887. The zero-order valence-electron chi connectivity index (χ0n) is 13.4. The Bertz CT molecular complexity index is 569. The van der Waals surface area contributed by atoms with Gasteiger partial charge >= 0.3 is 0 Å². The Morgan fingerprint density at radius 2 is 1.90 bits per heavy atom. The van der Waals surface area contributed by atoms with Crippen LogP contribution in [0.25, 0.3) is 0 Å². The molecule has 4 heteroatoms. The van der Waals surface area contributed by atoms with Crippen LogP contribution in [0.5, 0.6) is 5.75 Å². The fourth-order valence-corrected chi connectivity index (χ4v) is 3.21. The third kappa shape index (κ3) is 4.05. The van der Waals surface area contributed by atoms with Gasteiger partial charge in [-0.05, 0) is 24.7 Å². The van der Waals surface area contributed by atoms with Crippen molar-refractivity contribution >= 4 is 11.3 Å². The summed E-state index contributed by atoms with van der Waals surface area (Å²) in [5.41, 5.74) is 2.54. The van der Waals surface area contributed by atoms with Crippen LogP contribution in [0.15, 0.2) is 29.6 Å². The van der Waals surface area contributed by atoms with E-state index in [4.69, 9.17) is 9.72 Å². The summed E-state index contributed by atoms with van der Waals surface area (Å²) in [6.07, 6.45) is 0.906. The van der Waals surface area contributed by atoms with Gasteiger partial charge in [-0.1, -0.05) is 32.9 Å². The van der Waals surface area contributed by atoms with Crippen LogP contribution in [0.1, 0.15) is 43.1 Å². The molecule has 0 bridgehead atoms. The number of thiazole rings is 1. The predicted octanol–water partition coefficient (Wildman–Crippen LogP) is 3.95. The highest BCUT2D eigenvalue weighted by Gasteiger charge is 2.19. The summed E-state index contributed by atoms with van der Waals surface area (Å²) in [4.78, 5) is 4.78. The zero-order chi connectivity index (χ0) is 15.5. The molecule has 114 valence electrons. The molecule has 0 spiro atoms. The highest BCUT2D eigenvalue weighted by atomic mass is 32.1. The van der Waals surface area contributed by atoms with Crippen molar-refractivity contribution in [1.82, 2.24) is 10.3 Å². The van der Waals surface area contributed by atoms with E-state index >= 15 is 0 Å². The Labute approximate surface area is 131 Å². The first kappa shape index (κ1) is 16.0. The van der Waals surface area contributed by atoms with Gasteiger partial charge in [0, 0.05) is 23.3 Å². The molecule has 0 aliphatic carbocycles. The molecule has 1 unspecified atom stereocenters. The summed E-state index contributed by atoms with van der Waals surface area (Å²) in [6, 6.07) is 8.50. The largest absolute Gasteiger partial charge is 0.497 e. The van der Waals surface area contributed by atoms with Gasteiger partial charge in [-0.2, -0.15) is 0 Å². The van der Waals surface area contributed by atoms with Crippen LogP contribution in [-0.2, 0) is 11.8 Å². The molecule has 3 nitrogen and oxygen atoms in total. The quantitative estimate of drug-likeness (QED) is 0.908. The van der Waals surface area contributed by atoms with Gasteiger partial charge in [-0.25, -0.2) is 4.98 Å². The molecular formula is C17H24N2OS. The first-order valence-electron chi connectivity index (χ1n) is 7.20. The molecule has 0 aliphatic rings. The van der Waals surface area contributed by atoms with E-state index in [1.54, 1.807) is 18.4 Å². The number of aromatic nitrogens is 1. The van der Waals surface area contributed by atoms with Crippen LogP contribution >= 0.6 is 11.3 Å². The van der Waals surface area contributed by atoms with Gasteiger partial charge in [0.1, 0.15) is 5.75 Å². The second-order valence-electron chi connectivity index (χ2n) is 6.20. The molecule has 1 atom stereocenters. The van der Waals surface area contributed by atoms with Crippen LogP contribution in [-0.4, -0.2) is 19.1 Å². The van der Waals surface area contributed by atoms with Crippen molar-refractivity contribution in [3.8, 4) is 5.75 Å². The van der Waals surface area contributed by atoms with Gasteiger partial charge in [0.15, 0.2) is 0 Å². The second-order valence-corrected chi connectivity index (χ2v) is 7.14. The molecule has 1 aromatic carbocycles. The maximum Gasteiger partial charge on any atom is 0.118 e. The molecule has 21 heavy (non-hydrogen) atoms. The number of hydrogen-bond donors (Lipinski definition) is 1. The smallest absolute Gasteiger partial charge is 0.118 e. The standard InChI is InChI=1S/C17H24N2OS/c1-17(2,3)15-11-21-16(19-15)10-14(18-4)12-6-8-13(20-5)9-7-12/h6-9,11,14,18H,10H2,1-5H3. The van der Waals surface area contributed by atoms with Crippen LogP contribution in [0, 0.1) is 0 Å². The lowest BCUT2D eigenvalue weighted by Crippen LogP contribution is -2.19. The lowest BCUT2D eigenvalue weighted by molar-refractivity contribution is 0.414. The molecule has 0 saturated carbocycles. The van der Waals surface area contributed by atoms with E-state index in [0.717, 1.165) is 12.2 Å². The lowest BCUT2D eigenvalue weighted by Gasteiger charge is -2.16. The number of likely N-dealkylation sites (N-methyl/N-ethyl adjacent to an activating group) is 1. The summed E-state index contributed by atoms with van der Waals surface area (Å²) >= 11 is 1.75. The Balaban J connectivity index is 2.13.